The van der Waals surface area contributed by atoms with Gasteiger partial charge in [0.25, 0.3) is 0 Å². The predicted octanol–water partition coefficient (Wildman–Crippen LogP) is 2.49. The van der Waals surface area contributed by atoms with Gasteiger partial charge in [-0.1, -0.05) is 24.3 Å². The third-order valence-electron chi connectivity index (χ3n) is 3.07. The molecule has 2 rings (SSSR count). The van der Waals surface area contributed by atoms with Crippen LogP contribution in [0.4, 0.5) is 0 Å². The average Bonchev–Trinajstić information content (AvgIpc) is 2.71. The Morgan fingerprint density at radius 1 is 1.59 bits per heavy atom. The summed E-state index contributed by atoms with van der Waals surface area (Å²) >= 11 is 4.67. The van der Waals surface area contributed by atoms with Crippen LogP contribution in [-0.2, 0) is 21.5 Å². The van der Waals surface area contributed by atoms with E-state index in [1.54, 1.807) is 6.92 Å². The molecule has 1 aromatic carbocycles. The van der Waals surface area contributed by atoms with Crippen molar-refractivity contribution in [2.24, 2.45) is 4.99 Å². The zero-order valence-electron chi connectivity index (χ0n) is 9.60. The Balaban J connectivity index is 2.51. The SMILES string of the molecule is CCOC(=O)[C@@]1(N=C=S)CCc2ccccc21. The molecular formula is C13H13NO2S. The van der Waals surface area contributed by atoms with Crippen molar-refractivity contribution < 1.29 is 9.53 Å². The van der Waals surface area contributed by atoms with E-state index in [1.165, 1.54) is 0 Å². The number of aliphatic imine (C=N–C) groups is 1. The first-order valence-corrected chi connectivity index (χ1v) is 6.00. The molecule has 17 heavy (non-hydrogen) atoms. The second-order valence-electron chi connectivity index (χ2n) is 3.94. The number of carbonyl (C=O) groups is 1. The summed E-state index contributed by atoms with van der Waals surface area (Å²) in [5.41, 5.74) is 1.07. The van der Waals surface area contributed by atoms with Crippen LogP contribution in [0.2, 0.25) is 0 Å². The van der Waals surface area contributed by atoms with Crippen LogP contribution >= 0.6 is 12.2 Å². The van der Waals surface area contributed by atoms with Crippen molar-refractivity contribution in [3.63, 3.8) is 0 Å². The van der Waals surface area contributed by atoms with Crippen LogP contribution in [0.1, 0.15) is 24.5 Å². The van der Waals surface area contributed by atoms with E-state index >= 15 is 0 Å². The zero-order valence-corrected chi connectivity index (χ0v) is 10.4. The summed E-state index contributed by atoms with van der Waals surface area (Å²) in [6.45, 7) is 2.13. The van der Waals surface area contributed by atoms with Gasteiger partial charge >= 0.3 is 5.97 Å². The molecule has 0 N–H and O–H groups in total. The topological polar surface area (TPSA) is 38.7 Å². The molecule has 1 atom stereocenters. The quantitative estimate of drug-likeness (QED) is 0.468. The largest absolute Gasteiger partial charge is 0.464 e. The molecule has 0 fully saturated rings. The molecule has 0 aliphatic heterocycles. The summed E-state index contributed by atoms with van der Waals surface area (Å²) < 4.78 is 5.12. The maximum Gasteiger partial charge on any atom is 0.339 e. The van der Waals surface area contributed by atoms with E-state index in [0.717, 1.165) is 17.5 Å². The number of rotatable bonds is 3. The minimum Gasteiger partial charge on any atom is -0.464 e. The van der Waals surface area contributed by atoms with E-state index in [-0.39, 0.29) is 5.97 Å². The normalized spacial score (nSPS) is 21.5. The number of esters is 1. The molecule has 0 saturated carbocycles. The first-order valence-electron chi connectivity index (χ1n) is 5.59. The van der Waals surface area contributed by atoms with Gasteiger partial charge < -0.3 is 4.74 Å². The fraction of sp³-hybridized carbons (Fsp3) is 0.385. The van der Waals surface area contributed by atoms with Gasteiger partial charge in [0.05, 0.1) is 11.8 Å². The van der Waals surface area contributed by atoms with E-state index < -0.39 is 5.54 Å². The fourth-order valence-electron chi connectivity index (χ4n) is 2.29. The molecule has 4 heteroatoms. The minimum atomic E-state index is -0.964. The summed E-state index contributed by atoms with van der Waals surface area (Å²) in [5.74, 6) is -0.331. The third kappa shape index (κ3) is 1.90. The van der Waals surface area contributed by atoms with E-state index in [9.17, 15) is 4.79 Å². The van der Waals surface area contributed by atoms with Crippen LogP contribution in [0.5, 0.6) is 0 Å². The van der Waals surface area contributed by atoms with Crippen molar-refractivity contribution in [1.82, 2.24) is 0 Å². The van der Waals surface area contributed by atoms with Gasteiger partial charge in [-0.25, -0.2) is 9.79 Å². The van der Waals surface area contributed by atoms with Gasteiger partial charge in [-0.05, 0) is 43.1 Å². The number of thiocarbonyl (C=S) groups is 1. The molecule has 3 nitrogen and oxygen atoms in total. The van der Waals surface area contributed by atoms with Gasteiger partial charge in [0.1, 0.15) is 0 Å². The molecule has 0 saturated heterocycles. The van der Waals surface area contributed by atoms with Crippen molar-refractivity contribution in [3.8, 4) is 0 Å². The molecule has 88 valence electrons. The fourth-order valence-corrected chi connectivity index (χ4v) is 2.45. The molecule has 0 amide bonds. The summed E-state index contributed by atoms with van der Waals surface area (Å²) in [5, 5.41) is 2.34. The second kappa shape index (κ2) is 4.78. The van der Waals surface area contributed by atoms with Gasteiger partial charge in [-0.15, -0.1) is 0 Å². The molecule has 0 aromatic heterocycles. The van der Waals surface area contributed by atoms with Gasteiger partial charge in [-0.2, -0.15) is 0 Å². The Hall–Kier alpha value is -1.51. The predicted molar refractivity (Wildman–Crippen MR) is 68.1 cm³/mol. The molecule has 0 unspecified atom stereocenters. The van der Waals surface area contributed by atoms with E-state index in [2.05, 4.69) is 22.4 Å². The zero-order chi connectivity index (χ0) is 12.3. The highest BCUT2D eigenvalue weighted by Crippen LogP contribution is 2.40. The summed E-state index contributed by atoms with van der Waals surface area (Å²) in [6.07, 6.45) is 1.42. The van der Waals surface area contributed by atoms with Crippen LogP contribution in [0.25, 0.3) is 0 Å². The lowest BCUT2D eigenvalue weighted by Gasteiger charge is -2.21. The highest BCUT2D eigenvalue weighted by molar-refractivity contribution is 7.78. The second-order valence-corrected chi connectivity index (χ2v) is 4.12. The van der Waals surface area contributed by atoms with Crippen LogP contribution in [-0.4, -0.2) is 17.7 Å². The van der Waals surface area contributed by atoms with Crippen molar-refractivity contribution in [2.75, 3.05) is 6.61 Å². The first-order chi connectivity index (χ1) is 8.24. The Morgan fingerprint density at radius 2 is 2.35 bits per heavy atom. The van der Waals surface area contributed by atoms with Crippen molar-refractivity contribution >= 4 is 23.3 Å². The molecule has 0 spiro atoms. The van der Waals surface area contributed by atoms with Crippen LogP contribution in [0, 0.1) is 0 Å². The van der Waals surface area contributed by atoms with E-state index in [4.69, 9.17) is 4.74 Å². The maximum atomic E-state index is 12.1. The summed E-state index contributed by atoms with van der Waals surface area (Å²) in [7, 11) is 0. The van der Waals surface area contributed by atoms with Crippen LogP contribution < -0.4 is 0 Å². The number of hydrogen-bond acceptors (Lipinski definition) is 4. The molecule has 0 radical (unpaired) electrons. The highest BCUT2D eigenvalue weighted by Gasteiger charge is 2.46. The lowest BCUT2D eigenvalue weighted by atomic mass is 9.93. The van der Waals surface area contributed by atoms with Crippen molar-refractivity contribution in [2.45, 2.75) is 25.3 Å². The average molecular weight is 247 g/mol. The highest BCUT2D eigenvalue weighted by atomic mass is 32.1. The van der Waals surface area contributed by atoms with Crippen LogP contribution in [0.15, 0.2) is 29.3 Å². The Kier molecular flexibility index (Phi) is 3.36. The van der Waals surface area contributed by atoms with Crippen molar-refractivity contribution in [3.05, 3.63) is 35.4 Å². The number of hydrogen-bond donors (Lipinski definition) is 0. The van der Waals surface area contributed by atoms with E-state index in [1.807, 2.05) is 24.3 Å². The molecule has 1 aliphatic carbocycles. The van der Waals surface area contributed by atoms with Crippen molar-refractivity contribution in [1.29, 1.82) is 0 Å². The number of nitrogens with zero attached hydrogens (tertiary/aromatic N) is 1. The Morgan fingerprint density at radius 3 is 3.06 bits per heavy atom. The number of carbonyl (C=O) groups excluding carboxylic acids is 1. The van der Waals surface area contributed by atoms with Gasteiger partial charge in [-0.3, -0.25) is 0 Å². The molecular weight excluding hydrogens is 234 g/mol. The summed E-state index contributed by atoms with van der Waals surface area (Å²) in [6, 6.07) is 7.78. The molecule has 0 bridgehead atoms. The lowest BCUT2D eigenvalue weighted by molar-refractivity contribution is -0.149. The minimum absolute atomic E-state index is 0.331. The molecule has 1 aromatic rings. The number of ether oxygens (including phenoxy) is 1. The number of isothiocyanates is 1. The summed E-state index contributed by atoms with van der Waals surface area (Å²) in [4.78, 5) is 16.2. The van der Waals surface area contributed by atoms with Gasteiger partial charge in [0.15, 0.2) is 5.54 Å². The Bertz CT molecular complexity index is 494. The molecule has 0 heterocycles. The molecule has 1 aliphatic rings. The monoisotopic (exact) mass is 247 g/mol. The number of aryl methyl sites for hydroxylation is 1. The standard InChI is InChI=1S/C13H13NO2S/c1-2-16-12(15)13(14-9-17)8-7-10-5-3-4-6-11(10)13/h3-6H,2,7-8H2,1H3/t13-/m1/s1. The third-order valence-corrected chi connectivity index (χ3v) is 3.16. The Labute approximate surface area is 106 Å². The lowest BCUT2D eigenvalue weighted by Crippen LogP contribution is -2.33. The van der Waals surface area contributed by atoms with E-state index in [0.29, 0.717) is 13.0 Å². The first kappa shape index (κ1) is 12.0. The number of benzene rings is 1. The van der Waals surface area contributed by atoms with Gasteiger partial charge in [0.2, 0.25) is 0 Å². The number of fused-ring (bicyclic) bond motifs is 1. The van der Waals surface area contributed by atoms with Crippen LogP contribution in [0.3, 0.4) is 0 Å². The maximum absolute atomic E-state index is 12.1. The van der Waals surface area contributed by atoms with Gasteiger partial charge in [0, 0.05) is 0 Å². The smallest absolute Gasteiger partial charge is 0.339 e.